The van der Waals surface area contributed by atoms with E-state index in [1.165, 1.54) is 0 Å². The Morgan fingerprint density at radius 3 is 2.72 bits per heavy atom. The second kappa shape index (κ2) is 4.58. The lowest BCUT2D eigenvalue weighted by Gasteiger charge is -2.19. The zero-order valence-corrected chi connectivity index (χ0v) is 11.0. The lowest BCUT2D eigenvalue weighted by atomic mass is 10.0. The minimum absolute atomic E-state index is 0.627. The number of ether oxygens (including phenoxy) is 1. The van der Waals surface area contributed by atoms with Gasteiger partial charge in [-0.1, -0.05) is 24.3 Å². The van der Waals surface area contributed by atoms with Crippen molar-refractivity contribution in [2.45, 2.75) is 23.1 Å². The van der Waals surface area contributed by atoms with Crippen LogP contribution in [-0.4, -0.2) is 10.8 Å². The van der Waals surface area contributed by atoms with Crippen LogP contribution in [-0.2, 0) is 17.2 Å². The second-order valence-corrected chi connectivity index (χ2v) is 5.67. The molecule has 18 heavy (non-hydrogen) atoms. The highest BCUT2D eigenvalue weighted by atomic mass is 32.2. The Morgan fingerprint density at radius 2 is 1.89 bits per heavy atom. The molecule has 2 aromatic carbocycles. The van der Waals surface area contributed by atoms with Crippen LogP contribution in [0.4, 0.5) is 0 Å². The standard InChI is InChI=1S/C15H14O2S/c1-2-17-13-8-7-12-9-11-5-3-4-6-14(11)18(16)15(12)10-13/h3-8,10H,2,9H2,1H3. The van der Waals surface area contributed by atoms with Gasteiger partial charge in [-0.05, 0) is 42.7 Å². The summed E-state index contributed by atoms with van der Waals surface area (Å²) in [5, 5.41) is 0. The van der Waals surface area contributed by atoms with Crippen molar-refractivity contribution in [3.8, 4) is 5.75 Å². The van der Waals surface area contributed by atoms with Crippen LogP contribution in [0.15, 0.2) is 52.3 Å². The summed E-state index contributed by atoms with van der Waals surface area (Å²) >= 11 is 0. The van der Waals surface area contributed by atoms with Crippen molar-refractivity contribution >= 4 is 10.8 Å². The Hall–Kier alpha value is -1.61. The maximum Gasteiger partial charge on any atom is 0.120 e. The van der Waals surface area contributed by atoms with Gasteiger partial charge in [0.25, 0.3) is 0 Å². The Labute approximate surface area is 109 Å². The van der Waals surface area contributed by atoms with Crippen LogP contribution < -0.4 is 4.74 Å². The Kier molecular flexibility index (Phi) is 2.92. The Balaban J connectivity index is 2.08. The van der Waals surface area contributed by atoms with Gasteiger partial charge in [-0.2, -0.15) is 0 Å². The molecule has 2 aromatic rings. The molecular formula is C15H14O2S. The van der Waals surface area contributed by atoms with E-state index < -0.39 is 10.8 Å². The van der Waals surface area contributed by atoms with Gasteiger partial charge in [-0.25, -0.2) is 4.21 Å². The molecule has 2 nitrogen and oxygen atoms in total. The van der Waals surface area contributed by atoms with Gasteiger partial charge in [-0.3, -0.25) is 0 Å². The second-order valence-electron chi connectivity index (χ2n) is 4.26. The summed E-state index contributed by atoms with van der Waals surface area (Å²) in [6.45, 7) is 2.58. The van der Waals surface area contributed by atoms with Crippen LogP contribution in [0.5, 0.6) is 5.75 Å². The topological polar surface area (TPSA) is 26.3 Å². The Morgan fingerprint density at radius 1 is 1.11 bits per heavy atom. The van der Waals surface area contributed by atoms with Gasteiger partial charge in [-0.15, -0.1) is 0 Å². The maximum absolute atomic E-state index is 12.5. The van der Waals surface area contributed by atoms with E-state index in [0.29, 0.717) is 6.61 Å². The third-order valence-electron chi connectivity index (χ3n) is 3.10. The van der Waals surface area contributed by atoms with E-state index in [1.807, 2.05) is 49.4 Å². The average molecular weight is 258 g/mol. The molecule has 92 valence electrons. The minimum atomic E-state index is -1.08. The van der Waals surface area contributed by atoms with Crippen molar-refractivity contribution in [2.24, 2.45) is 0 Å². The van der Waals surface area contributed by atoms with Crippen LogP contribution in [0, 0.1) is 0 Å². The summed E-state index contributed by atoms with van der Waals surface area (Å²) in [7, 11) is -1.08. The van der Waals surface area contributed by atoms with Crippen molar-refractivity contribution in [3.05, 3.63) is 53.6 Å². The van der Waals surface area contributed by atoms with Gasteiger partial charge in [0.2, 0.25) is 0 Å². The first-order valence-electron chi connectivity index (χ1n) is 6.05. The highest BCUT2D eigenvalue weighted by molar-refractivity contribution is 7.85. The molecule has 1 atom stereocenters. The molecule has 0 radical (unpaired) electrons. The lowest BCUT2D eigenvalue weighted by molar-refractivity contribution is 0.339. The lowest BCUT2D eigenvalue weighted by Crippen LogP contribution is -2.09. The quantitative estimate of drug-likeness (QED) is 0.706. The third-order valence-corrected chi connectivity index (χ3v) is 4.68. The molecule has 3 rings (SSSR count). The van der Waals surface area contributed by atoms with E-state index in [1.54, 1.807) is 0 Å². The SMILES string of the molecule is CCOc1ccc2c(c1)S(=O)c1ccccc1C2. The fourth-order valence-corrected chi connectivity index (χ4v) is 3.68. The van der Waals surface area contributed by atoms with Gasteiger partial charge < -0.3 is 4.74 Å². The molecule has 0 N–H and O–H groups in total. The maximum atomic E-state index is 12.5. The zero-order chi connectivity index (χ0) is 12.5. The highest BCUT2D eigenvalue weighted by Gasteiger charge is 2.21. The van der Waals surface area contributed by atoms with Crippen molar-refractivity contribution in [1.29, 1.82) is 0 Å². The molecule has 3 heteroatoms. The fraction of sp³-hybridized carbons (Fsp3) is 0.200. The minimum Gasteiger partial charge on any atom is -0.494 e. The molecule has 0 fully saturated rings. The summed E-state index contributed by atoms with van der Waals surface area (Å²) in [6, 6.07) is 13.8. The molecule has 0 saturated heterocycles. The average Bonchev–Trinajstić information content (AvgIpc) is 2.40. The molecular weight excluding hydrogens is 244 g/mol. The zero-order valence-electron chi connectivity index (χ0n) is 10.2. The van der Waals surface area contributed by atoms with Crippen molar-refractivity contribution in [2.75, 3.05) is 6.61 Å². The first-order valence-corrected chi connectivity index (χ1v) is 7.20. The van der Waals surface area contributed by atoms with Gasteiger partial charge in [0.1, 0.15) is 5.75 Å². The summed E-state index contributed by atoms with van der Waals surface area (Å²) in [6.07, 6.45) is 0.851. The van der Waals surface area contributed by atoms with Gasteiger partial charge in [0, 0.05) is 4.90 Å². The third kappa shape index (κ3) is 1.85. The molecule has 0 amide bonds. The largest absolute Gasteiger partial charge is 0.494 e. The molecule has 1 aliphatic heterocycles. The smallest absolute Gasteiger partial charge is 0.120 e. The molecule has 0 aliphatic carbocycles. The normalized spacial score (nSPS) is 16.8. The Bertz CT molecular complexity index is 620. The van der Waals surface area contributed by atoms with Gasteiger partial charge >= 0.3 is 0 Å². The first-order chi connectivity index (χ1) is 8.79. The summed E-state index contributed by atoms with van der Waals surface area (Å²) in [4.78, 5) is 1.82. The predicted molar refractivity (Wildman–Crippen MR) is 71.5 cm³/mol. The number of hydrogen-bond donors (Lipinski definition) is 0. The molecule has 0 saturated carbocycles. The van der Waals surface area contributed by atoms with Gasteiger partial charge in [0.05, 0.1) is 22.3 Å². The number of fused-ring (bicyclic) bond motifs is 2. The summed E-state index contributed by atoms with van der Waals surface area (Å²) in [5.41, 5.74) is 2.29. The monoisotopic (exact) mass is 258 g/mol. The van der Waals surface area contributed by atoms with Crippen LogP contribution in [0.2, 0.25) is 0 Å². The van der Waals surface area contributed by atoms with E-state index in [-0.39, 0.29) is 0 Å². The molecule has 0 aromatic heterocycles. The first kappa shape index (κ1) is 11.5. The molecule has 0 spiro atoms. The van der Waals surface area contributed by atoms with Crippen LogP contribution in [0.3, 0.4) is 0 Å². The predicted octanol–water partition coefficient (Wildman–Crippen LogP) is 3.16. The molecule has 1 heterocycles. The fourth-order valence-electron chi connectivity index (χ4n) is 2.26. The molecule has 1 unspecified atom stereocenters. The van der Waals surface area contributed by atoms with E-state index in [2.05, 4.69) is 0 Å². The van der Waals surface area contributed by atoms with E-state index >= 15 is 0 Å². The summed E-state index contributed by atoms with van der Waals surface area (Å²) in [5.74, 6) is 0.795. The van der Waals surface area contributed by atoms with Crippen LogP contribution >= 0.6 is 0 Å². The molecule has 0 bridgehead atoms. The van der Waals surface area contributed by atoms with E-state index in [9.17, 15) is 4.21 Å². The summed E-state index contributed by atoms with van der Waals surface area (Å²) < 4.78 is 18.0. The number of hydrogen-bond acceptors (Lipinski definition) is 2. The van der Waals surface area contributed by atoms with E-state index in [4.69, 9.17) is 4.74 Å². The van der Waals surface area contributed by atoms with Crippen molar-refractivity contribution < 1.29 is 8.95 Å². The van der Waals surface area contributed by atoms with Crippen molar-refractivity contribution in [3.63, 3.8) is 0 Å². The molecule has 1 aliphatic rings. The van der Waals surface area contributed by atoms with E-state index in [0.717, 1.165) is 33.1 Å². The van der Waals surface area contributed by atoms with Gasteiger partial charge in [0.15, 0.2) is 0 Å². The van der Waals surface area contributed by atoms with Crippen LogP contribution in [0.1, 0.15) is 18.1 Å². The number of rotatable bonds is 2. The van der Waals surface area contributed by atoms with Crippen LogP contribution in [0.25, 0.3) is 0 Å². The van der Waals surface area contributed by atoms with Crippen molar-refractivity contribution in [1.82, 2.24) is 0 Å². The highest BCUT2D eigenvalue weighted by Crippen LogP contribution is 2.33. The number of benzene rings is 2.